The van der Waals surface area contributed by atoms with E-state index in [9.17, 15) is 4.79 Å². The third-order valence-corrected chi connectivity index (χ3v) is 4.51. The lowest BCUT2D eigenvalue weighted by Crippen LogP contribution is -2.43. The van der Waals surface area contributed by atoms with Crippen LogP contribution in [0.3, 0.4) is 0 Å². The van der Waals surface area contributed by atoms with Gasteiger partial charge in [-0.25, -0.2) is 4.98 Å². The third-order valence-electron chi connectivity index (χ3n) is 4.51. The molecule has 2 aromatic rings. The van der Waals surface area contributed by atoms with Crippen molar-refractivity contribution in [3.63, 3.8) is 0 Å². The second-order valence-electron chi connectivity index (χ2n) is 6.48. The summed E-state index contributed by atoms with van der Waals surface area (Å²) in [4.78, 5) is 20.8. The molecule has 1 aliphatic rings. The Hall–Kier alpha value is -2.18. The highest BCUT2D eigenvalue weighted by Gasteiger charge is 2.19. The number of likely N-dealkylation sites (N-methyl/N-ethyl adjacent to an activating group) is 1. The first kappa shape index (κ1) is 16.7. The lowest BCUT2D eigenvalue weighted by Gasteiger charge is -2.28. The van der Waals surface area contributed by atoms with Gasteiger partial charge in [0.05, 0.1) is 24.6 Å². The van der Waals surface area contributed by atoms with E-state index < -0.39 is 0 Å². The monoisotopic (exact) mass is 327 g/mol. The fourth-order valence-corrected chi connectivity index (χ4v) is 3.12. The Morgan fingerprint density at radius 1 is 1.29 bits per heavy atom. The van der Waals surface area contributed by atoms with Crippen LogP contribution in [0, 0.1) is 0 Å². The van der Waals surface area contributed by atoms with Gasteiger partial charge in [-0.05, 0) is 19.7 Å². The molecule has 128 valence electrons. The number of amides is 1. The number of benzene rings is 1. The Labute approximate surface area is 143 Å². The van der Waals surface area contributed by atoms with Gasteiger partial charge in [0.15, 0.2) is 0 Å². The van der Waals surface area contributed by atoms with Gasteiger partial charge in [0, 0.05) is 32.4 Å². The van der Waals surface area contributed by atoms with Crippen LogP contribution < -0.4 is 5.32 Å². The molecule has 1 atom stereocenters. The molecule has 0 aliphatic carbocycles. The van der Waals surface area contributed by atoms with Gasteiger partial charge < -0.3 is 14.8 Å². The van der Waals surface area contributed by atoms with E-state index in [0.717, 1.165) is 19.6 Å². The molecule has 24 heavy (non-hydrogen) atoms. The van der Waals surface area contributed by atoms with Gasteiger partial charge >= 0.3 is 0 Å². The minimum absolute atomic E-state index is 0.0748. The maximum atomic E-state index is 12.3. The Balaban J connectivity index is 1.51. The van der Waals surface area contributed by atoms with E-state index in [0.29, 0.717) is 13.1 Å². The van der Waals surface area contributed by atoms with Crippen molar-refractivity contribution < 1.29 is 4.79 Å². The van der Waals surface area contributed by atoms with Crippen LogP contribution in [0.5, 0.6) is 0 Å². The number of imidazole rings is 1. The number of hydrogen-bond acceptors (Lipinski definition) is 4. The fraction of sp³-hybridized carbons (Fsp3) is 0.444. The van der Waals surface area contributed by atoms with Crippen LogP contribution in [0.25, 0.3) is 0 Å². The first-order chi connectivity index (χ1) is 11.6. The number of aromatic nitrogens is 2. The van der Waals surface area contributed by atoms with Crippen LogP contribution >= 0.6 is 0 Å². The Morgan fingerprint density at radius 2 is 2.08 bits per heavy atom. The summed E-state index contributed by atoms with van der Waals surface area (Å²) in [6, 6.07) is 10.5. The molecule has 1 aromatic heterocycles. The number of rotatable bonds is 6. The van der Waals surface area contributed by atoms with Crippen molar-refractivity contribution in [2.24, 2.45) is 0 Å². The zero-order valence-corrected chi connectivity index (χ0v) is 14.4. The predicted octanol–water partition coefficient (Wildman–Crippen LogP) is 1.12. The molecule has 1 amide bonds. The van der Waals surface area contributed by atoms with E-state index in [4.69, 9.17) is 0 Å². The van der Waals surface area contributed by atoms with Gasteiger partial charge in [0.25, 0.3) is 0 Å². The molecule has 0 bridgehead atoms. The second-order valence-corrected chi connectivity index (χ2v) is 6.48. The van der Waals surface area contributed by atoms with E-state index >= 15 is 0 Å². The molecule has 1 unspecified atom stereocenters. The summed E-state index contributed by atoms with van der Waals surface area (Å²) in [5.41, 5.74) is 2.38. The maximum absolute atomic E-state index is 12.3. The molecule has 1 aromatic carbocycles. The molecule has 0 radical (unpaired) electrons. The van der Waals surface area contributed by atoms with Crippen LogP contribution in [0.15, 0.2) is 42.9 Å². The van der Waals surface area contributed by atoms with E-state index in [-0.39, 0.29) is 11.9 Å². The van der Waals surface area contributed by atoms with E-state index in [1.807, 2.05) is 44.8 Å². The topological polar surface area (TPSA) is 53.4 Å². The standard InChI is InChI=1S/C18H25N5O/c1-21(2)17(15-6-4-3-5-7-15)11-20-18(24)13-22-8-9-23-14-19-10-16(23)12-22/h3-7,10,14,17H,8-9,11-13H2,1-2H3,(H,20,24). The first-order valence-corrected chi connectivity index (χ1v) is 8.33. The van der Waals surface area contributed by atoms with Crippen molar-refractivity contribution in [1.82, 2.24) is 24.7 Å². The summed E-state index contributed by atoms with van der Waals surface area (Å²) in [6.07, 6.45) is 3.73. The quantitative estimate of drug-likeness (QED) is 0.864. The van der Waals surface area contributed by atoms with Gasteiger partial charge in [0.2, 0.25) is 5.91 Å². The summed E-state index contributed by atoms with van der Waals surface area (Å²) in [5.74, 6) is 0.0748. The average Bonchev–Trinajstić information content (AvgIpc) is 3.03. The molecule has 0 saturated carbocycles. The van der Waals surface area contributed by atoms with Crippen molar-refractivity contribution in [2.75, 3.05) is 33.7 Å². The smallest absolute Gasteiger partial charge is 0.234 e. The van der Waals surface area contributed by atoms with Crippen LogP contribution in [-0.2, 0) is 17.9 Å². The molecule has 6 nitrogen and oxygen atoms in total. The summed E-state index contributed by atoms with van der Waals surface area (Å²) in [5, 5.41) is 3.08. The minimum atomic E-state index is 0.0748. The fourth-order valence-electron chi connectivity index (χ4n) is 3.12. The Morgan fingerprint density at radius 3 is 2.83 bits per heavy atom. The normalized spacial score (nSPS) is 16.0. The van der Waals surface area contributed by atoms with Gasteiger partial charge in [-0.15, -0.1) is 0 Å². The van der Waals surface area contributed by atoms with Gasteiger partial charge in [-0.2, -0.15) is 0 Å². The molecular formula is C18H25N5O. The number of carbonyl (C=O) groups is 1. The zero-order valence-electron chi connectivity index (χ0n) is 14.4. The van der Waals surface area contributed by atoms with Crippen LogP contribution in [0.2, 0.25) is 0 Å². The molecule has 1 N–H and O–H groups in total. The molecule has 0 spiro atoms. The van der Waals surface area contributed by atoms with Gasteiger partial charge in [0.1, 0.15) is 0 Å². The van der Waals surface area contributed by atoms with Crippen molar-refractivity contribution >= 4 is 5.91 Å². The van der Waals surface area contributed by atoms with E-state index in [2.05, 4.69) is 36.8 Å². The predicted molar refractivity (Wildman–Crippen MR) is 93.4 cm³/mol. The van der Waals surface area contributed by atoms with E-state index in [1.165, 1.54) is 11.3 Å². The molecule has 2 heterocycles. The summed E-state index contributed by atoms with van der Waals surface area (Å²) in [7, 11) is 4.07. The van der Waals surface area contributed by atoms with Crippen molar-refractivity contribution in [2.45, 2.75) is 19.1 Å². The third kappa shape index (κ3) is 4.01. The van der Waals surface area contributed by atoms with Gasteiger partial charge in [-0.3, -0.25) is 9.69 Å². The number of carbonyl (C=O) groups excluding carboxylic acids is 1. The number of nitrogens with zero attached hydrogens (tertiary/aromatic N) is 4. The van der Waals surface area contributed by atoms with Crippen LogP contribution in [-0.4, -0.2) is 59.0 Å². The molecule has 1 aliphatic heterocycles. The largest absolute Gasteiger partial charge is 0.353 e. The molecule has 6 heteroatoms. The number of hydrogen-bond donors (Lipinski definition) is 1. The van der Waals surface area contributed by atoms with E-state index in [1.54, 1.807) is 0 Å². The minimum Gasteiger partial charge on any atom is -0.353 e. The Bertz CT molecular complexity index is 667. The lowest BCUT2D eigenvalue weighted by atomic mass is 10.1. The Kier molecular flexibility index (Phi) is 5.27. The SMILES string of the molecule is CN(C)C(CNC(=O)CN1CCn2cncc2C1)c1ccccc1. The molecule has 0 fully saturated rings. The second kappa shape index (κ2) is 7.59. The zero-order chi connectivity index (χ0) is 16.9. The average molecular weight is 327 g/mol. The maximum Gasteiger partial charge on any atom is 0.234 e. The highest BCUT2D eigenvalue weighted by atomic mass is 16.2. The van der Waals surface area contributed by atoms with Crippen molar-refractivity contribution in [1.29, 1.82) is 0 Å². The molecule has 3 rings (SSSR count). The molecule has 0 saturated heterocycles. The number of nitrogens with one attached hydrogen (secondary N) is 1. The van der Waals surface area contributed by atoms with Crippen LogP contribution in [0.1, 0.15) is 17.3 Å². The molecular weight excluding hydrogens is 302 g/mol. The summed E-state index contributed by atoms with van der Waals surface area (Å²) in [6.45, 7) is 3.60. The van der Waals surface area contributed by atoms with Crippen LogP contribution in [0.4, 0.5) is 0 Å². The first-order valence-electron chi connectivity index (χ1n) is 8.33. The highest BCUT2D eigenvalue weighted by molar-refractivity contribution is 5.78. The van der Waals surface area contributed by atoms with Crippen molar-refractivity contribution in [3.05, 3.63) is 54.1 Å². The van der Waals surface area contributed by atoms with Gasteiger partial charge in [-0.1, -0.05) is 30.3 Å². The number of fused-ring (bicyclic) bond motifs is 1. The summed E-state index contributed by atoms with van der Waals surface area (Å²) < 4.78 is 2.14. The highest BCUT2D eigenvalue weighted by Crippen LogP contribution is 2.16. The lowest BCUT2D eigenvalue weighted by molar-refractivity contribution is -0.122. The summed E-state index contributed by atoms with van der Waals surface area (Å²) >= 11 is 0. The van der Waals surface area contributed by atoms with Crippen molar-refractivity contribution in [3.8, 4) is 0 Å².